The monoisotopic (exact) mass is 508 g/mol. The summed E-state index contributed by atoms with van der Waals surface area (Å²) in [5.74, 6) is 5.90. The van der Waals surface area contributed by atoms with Gasteiger partial charge in [0, 0.05) is 25.1 Å². The van der Waals surface area contributed by atoms with Crippen molar-refractivity contribution in [3.8, 4) is 11.8 Å². The van der Waals surface area contributed by atoms with Gasteiger partial charge in [0.2, 0.25) is 5.95 Å². The Labute approximate surface area is 213 Å². The van der Waals surface area contributed by atoms with Crippen LogP contribution in [0.5, 0.6) is 0 Å². The van der Waals surface area contributed by atoms with Crippen molar-refractivity contribution < 1.29 is 18.0 Å². The molecule has 1 aromatic heterocycles. The summed E-state index contributed by atoms with van der Waals surface area (Å²) in [6.07, 6.45) is -3.49. The van der Waals surface area contributed by atoms with Gasteiger partial charge in [0.05, 0.1) is 29.9 Å². The molecule has 37 heavy (non-hydrogen) atoms. The van der Waals surface area contributed by atoms with Gasteiger partial charge in [-0.25, -0.2) is 4.98 Å². The van der Waals surface area contributed by atoms with Gasteiger partial charge in [-0.15, -0.1) is 5.92 Å². The average Bonchev–Trinajstić information content (AvgIpc) is 2.88. The fourth-order valence-corrected chi connectivity index (χ4v) is 4.19. The molecule has 1 amide bonds. The molecule has 6 nitrogen and oxygen atoms in total. The number of rotatable bonds is 6. The minimum atomic E-state index is -4.37. The summed E-state index contributed by atoms with van der Waals surface area (Å²) in [6.45, 7) is 4.73. The highest BCUT2D eigenvalue weighted by Gasteiger charge is 2.30. The van der Waals surface area contributed by atoms with Crippen molar-refractivity contribution in [1.29, 1.82) is 0 Å². The third kappa shape index (κ3) is 6.02. The number of hydrogen-bond donors (Lipinski definition) is 1. The highest BCUT2D eigenvalue weighted by Crippen LogP contribution is 2.29. The Bertz CT molecular complexity index is 1400. The lowest BCUT2D eigenvalue weighted by molar-refractivity contribution is -0.137. The molecule has 0 saturated carbocycles. The number of aryl methyl sites for hydroxylation is 1. The van der Waals surface area contributed by atoms with Crippen LogP contribution in [0.1, 0.15) is 45.2 Å². The van der Waals surface area contributed by atoms with E-state index in [0.29, 0.717) is 48.7 Å². The first-order valence-corrected chi connectivity index (χ1v) is 12.0. The zero-order valence-corrected chi connectivity index (χ0v) is 20.7. The van der Waals surface area contributed by atoms with Crippen molar-refractivity contribution in [2.45, 2.75) is 46.0 Å². The molecule has 2 heterocycles. The van der Waals surface area contributed by atoms with Crippen LogP contribution in [0, 0.1) is 18.8 Å². The largest absolute Gasteiger partial charge is 0.416 e. The highest BCUT2D eigenvalue weighted by molar-refractivity contribution is 5.94. The van der Waals surface area contributed by atoms with Crippen molar-refractivity contribution in [2.24, 2.45) is 0 Å². The van der Waals surface area contributed by atoms with E-state index in [4.69, 9.17) is 0 Å². The summed E-state index contributed by atoms with van der Waals surface area (Å²) in [7, 11) is 0. The van der Waals surface area contributed by atoms with Gasteiger partial charge in [0.1, 0.15) is 0 Å². The summed E-state index contributed by atoms with van der Waals surface area (Å²) in [5.41, 5.74) is 2.51. The minimum absolute atomic E-state index is 0.129. The van der Waals surface area contributed by atoms with E-state index in [-0.39, 0.29) is 24.6 Å². The van der Waals surface area contributed by atoms with Crippen LogP contribution in [-0.2, 0) is 32.1 Å². The van der Waals surface area contributed by atoms with Gasteiger partial charge in [-0.05, 0) is 50.1 Å². The molecule has 0 bridgehead atoms. The van der Waals surface area contributed by atoms with Crippen LogP contribution in [0.25, 0.3) is 0 Å². The van der Waals surface area contributed by atoms with E-state index < -0.39 is 11.7 Å². The van der Waals surface area contributed by atoms with Crippen LogP contribution >= 0.6 is 0 Å². The lowest BCUT2D eigenvalue weighted by atomic mass is 10.0. The number of anilines is 1. The zero-order valence-electron chi connectivity index (χ0n) is 20.7. The van der Waals surface area contributed by atoms with Crippen molar-refractivity contribution >= 4 is 11.9 Å². The molecule has 192 valence electrons. The summed E-state index contributed by atoms with van der Waals surface area (Å²) >= 11 is 0. The Morgan fingerprint density at radius 1 is 1.11 bits per heavy atom. The van der Waals surface area contributed by atoms with E-state index in [2.05, 4.69) is 22.1 Å². The van der Waals surface area contributed by atoms with Crippen molar-refractivity contribution in [3.63, 3.8) is 0 Å². The lowest BCUT2D eigenvalue weighted by Crippen LogP contribution is -2.41. The van der Waals surface area contributed by atoms with E-state index >= 15 is 0 Å². The Morgan fingerprint density at radius 3 is 2.46 bits per heavy atom. The van der Waals surface area contributed by atoms with E-state index in [0.717, 1.165) is 23.3 Å². The molecule has 4 rings (SSSR count). The maximum atomic E-state index is 13.4. The number of nitrogens with zero attached hydrogens (tertiary/aromatic N) is 3. The Balaban J connectivity index is 1.52. The van der Waals surface area contributed by atoms with Gasteiger partial charge in [-0.1, -0.05) is 35.7 Å². The fourth-order valence-electron chi connectivity index (χ4n) is 4.19. The van der Waals surface area contributed by atoms with E-state index in [1.807, 2.05) is 19.1 Å². The molecule has 1 aliphatic rings. The van der Waals surface area contributed by atoms with Crippen LogP contribution in [0.15, 0.2) is 53.3 Å². The number of hydrogen-bond acceptors (Lipinski definition) is 4. The summed E-state index contributed by atoms with van der Waals surface area (Å²) in [5, 5.41) is 3.15. The molecule has 3 aromatic rings. The normalized spacial score (nSPS) is 12.9. The second kappa shape index (κ2) is 10.9. The third-order valence-electron chi connectivity index (χ3n) is 6.29. The molecule has 0 aliphatic carbocycles. The highest BCUT2D eigenvalue weighted by atomic mass is 19.4. The van der Waals surface area contributed by atoms with Crippen LogP contribution in [0.2, 0.25) is 0 Å². The molecule has 0 unspecified atom stereocenters. The molecule has 0 radical (unpaired) electrons. The maximum Gasteiger partial charge on any atom is 0.416 e. The molecule has 1 N–H and O–H groups in total. The quantitative estimate of drug-likeness (QED) is 0.500. The summed E-state index contributed by atoms with van der Waals surface area (Å²) < 4.78 is 39.8. The SMILES string of the molecule is CC#CCn1c(NCCc2ccc(C(F)(F)F)cc2)nc2c(c1=O)CN(C(=O)c1ccc(C)cc1)CC2. The van der Waals surface area contributed by atoms with Crippen molar-refractivity contribution in [2.75, 3.05) is 18.4 Å². The smallest absolute Gasteiger partial charge is 0.355 e. The molecular formula is C28H27F3N4O2. The average molecular weight is 509 g/mol. The molecule has 0 atom stereocenters. The number of benzene rings is 2. The topological polar surface area (TPSA) is 67.2 Å². The van der Waals surface area contributed by atoms with E-state index in [9.17, 15) is 22.8 Å². The van der Waals surface area contributed by atoms with Gasteiger partial charge < -0.3 is 10.2 Å². The maximum absolute atomic E-state index is 13.4. The van der Waals surface area contributed by atoms with Crippen molar-refractivity contribution in [3.05, 3.63) is 92.4 Å². The number of aromatic nitrogens is 2. The number of alkyl halides is 3. The fraction of sp³-hybridized carbons (Fsp3) is 0.321. The first-order chi connectivity index (χ1) is 17.7. The molecule has 2 aromatic carbocycles. The number of nitrogens with one attached hydrogen (secondary N) is 1. The standard InChI is InChI=1S/C28H27F3N4O2/c1-3-4-16-35-26(37)23-18-34(25(36)21-9-5-19(2)6-10-21)17-14-24(23)33-27(35)32-15-13-20-7-11-22(12-8-20)28(29,30)31/h5-12H,13-18H2,1-2H3,(H,32,33). The van der Waals surface area contributed by atoms with Gasteiger partial charge >= 0.3 is 6.18 Å². The first-order valence-electron chi connectivity index (χ1n) is 12.0. The van der Waals surface area contributed by atoms with Crippen LogP contribution in [-0.4, -0.2) is 33.4 Å². The number of halogens is 3. The van der Waals surface area contributed by atoms with Gasteiger partial charge in [0.25, 0.3) is 11.5 Å². The lowest BCUT2D eigenvalue weighted by Gasteiger charge is -2.29. The van der Waals surface area contributed by atoms with Crippen LogP contribution in [0.4, 0.5) is 19.1 Å². The number of fused-ring (bicyclic) bond motifs is 1. The van der Waals surface area contributed by atoms with E-state index in [1.165, 1.54) is 16.7 Å². The molecule has 1 aliphatic heterocycles. The molecule has 0 fully saturated rings. The molecule has 0 saturated heterocycles. The predicted octanol–water partition coefficient (Wildman–Crippen LogP) is 4.45. The zero-order chi connectivity index (χ0) is 26.6. The molecule has 9 heteroatoms. The van der Waals surface area contributed by atoms with Gasteiger partial charge in [-0.3, -0.25) is 14.2 Å². The first kappa shape index (κ1) is 26.0. The second-order valence-electron chi connectivity index (χ2n) is 8.89. The minimum Gasteiger partial charge on any atom is -0.355 e. The van der Waals surface area contributed by atoms with Gasteiger partial charge in [-0.2, -0.15) is 13.2 Å². The number of carbonyl (C=O) groups excluding carboxylic acids is 1. The summed E-state index contributed by atoms with van der Waals surface area (Å²) in [6, 6.07) is 12.3. The van der Waals surface area contributed by atoms with Crippen LogP contribution in [0.3, 0.4) is 0 Å². The number of amides is 1. The Hall–Kier alpha value is -4.06. The number of carbonyl (C=O) groups is 1. The van der Waals surface area contributed by atoms with E-state index in [1.54, 1.807) is 24.0 Å². The third-order valence-corrected chi connectivity index (χ3v) is 6.29. The van der Waals surface area contributed by atoms with Crippen LogP contribution < -0.4 is 10.9 Å². The molecule has 0 spiro atoms. The Morgan fingerprint density at radius 2 is 1.81 bits per heavy atom. The predicted molar refractivity (Wildman–Crippen MR) is 135 cm³/mol. The Kier molecular flexibility index (Phi) is 7.67. The summed E-state index contributed by atoms with van der Waals surface area (Å²) in [4.78, 5) is 32.8. The van der Waals surface area contributed by atoms with Gasteiger partial charge in [0.15, 0.2) is 0 Å². The second-order valence-corrected chi connectivity index (χ2v) is 8.89. The van der Waals surface area contributed by atoms with Crippen molar-refractivity contribution in [1.82, 2.24) is 14.5 Å². The molecular weight excluding hydrogens is 481 g/mol.